The first-order valence-corrected chi connectivity index (χ1v) is 18.3. The number of ether oxygens (including phenoxy) is 2. The molecule has 1 aliphatic rings. The third kappa shape index (κ3) is 11.0. The highest BCUT2D eigenvalue weighted by molar-refractivity contribution is 7.99. The quantitative estimate of drug-likeness (QED) is 0.0667. The van der Waals surface area contributed by atoms with Crippen molar-refractivity contribution in [1.29, 1.82) is 0 Å². The number of fused-ring (bicyclic) bond motifs is 1. The maximum absolute atomic E-state index is 12.8. The Labute approximate surface area is 298 Å². The third-order valence-corrected chi connectivity index (χ3v) is 9.41. The lowest BCUT2D eigenvalue weighted by Gasteiger charge is -2.23. The van der Waals surface area contributed by atoms with Crippen LogP contribution in [0.5, 0.6) is 5.75 Å². The van der Waals surface area contributed by atoms with Gasteiger partial charge in [-0.1, -0.05) is 48.9 Å². The maximum atomic E-state index is 12.8. The van der Waals surface area contributed by atoms with Gasteiger partial charge in [-0.05, 0) is 73.0 Å². The highest BCUT2D eigenvalue weighted by Gasteiger charge is 2.17. The Bertz CT molecular complexity index is 1640. The highest BCUT2D eigenvalue weighted by Crippen LogP contribution is 2.30. The Morgan fingerprint density at radius 2 is 1.80 bits per heavy atom. The van der Waals surface area contributed by atoms with Gasteiger partial charge in [0, 0.05) is 55.5 Å². The number of phenols is 1. The molecule has 12 heteroatoms. The van der Waals surface area contributed by atoms with E-state index in [9.17, 15) is 20.1 Å². The van der Waals surface area contributed by atoms with Crippen LogP contribution in [0.3, 0.4) is 0 Å². The molecule has 1 amide bonds. The molecule has 268 valence electrons. The summed E-state index contributed by atoms with van der Waals surface area (Å²) in [6.45, 7) is 6.26. The molecule has 50 heavy (non-hydrogen) atoms. The number of nitrogens with zero attached hydrogens (tertiary/aromatic N) is 3. The summed E-state index contributed by atoms with van der Waals surface area (Å²) in [6.07, 6.45) is 5.52. The molecule has 3 aromatic carbocycles. The van der Waals surface area contributed by atoms with Crippen LogP contribution in [0.1, 0.15) is 61.1 Å². The standard InChI is InChI=1S/C38H49N5O6S/c1-28(45)43(35-11-7-9-32(22-35)40-23-33-25-42-15-19-50-38(42)41-33)34-10-6-8-29(20-34)27-49-18-17-48-16-5-3-2-4-14-39-24-37(47)30-12-13-36(46)31(21-30)26-44/h6-13,20-22,25,37,39-40,44,46-47H,2-5,14-19,23-24,26-27H2,1H3. The summed E-state index contributed by atoms with van der Waals surface area (Å²) in [4.78, 5) is 19.2. The topological polar surface area (TPSA) is 141 Å². The van der Waals surface area contributed by atoms with Gasteiger partial charge in [-0.2, -0.15) is 0 Å². The van der Waals surface area contributed by atoms with Crippen molar-refractivity contribution in [3.05, 3.63) is 95.3 Å². The number of amides is 1. The molecule has 4 aromatic rings. The summed E-state index contributed by atoms with van der Waals surface area (Å²) in [5.41, 5.74) is 5.56. The molecule has 1 aliphatic heterocycles. The van der Waals surface area contributed by atoms with Crippen molar-refractivity contribution in [1.82, 2.24) is 14.9 Å². The van der Waals surface area contributed by atoms with Crippen LogP contribution in [0.4, 0.5) is 17.1 Å². The summed E-state index contributed by atoms with van der Waals surface area (Å²) in [6, 6.07) is 20.5. The number of nitrogens with one attached hydrogen (secondary N) is 2. The van der Waals surface area contributed by atoms with Crippen molar-refractivity contribution >= 4 is 34.7 Å². The molecule has 1 aromatic heterocycles. The second kappa shape index (κ2) is 19.5. The fourth-order valence-electron chi connectivity index (χ4n) is 5.81. The molecule has 1 unspecified atom stereocenters. The van der Waals surface area contributed by atoms with E-state index in [1.807, 2.05) is 48.5 Å². The average Bonchev–Trinajstić information content (AvgIpc) is 3.72. The molecule has 0 saturated carbocycles. The molecule has 0 spiro atoms. The number of imidazole rings is 1. The minimum atomic E-state index is -0.694. The van der Waals surface area contributed by atoms with Gasteiger partial charge in [-0.25, -0.2) is 4.98 Å². The Hall–Kier alpha value is -3.91. The number of benzene rings is 3. The van der Waals surface area contributed by atoms with Crippen LogP contribution >= 0.6 is 11.8 Å². The monoisotopic (exact) mass is 703 g/mol. The first kappa shape index (κ1) is 37.3. The second-order valence-electron chi connectivity index (χ2n) is 12.3. The summed E-state index contributed by atoms with van der Waals surface area (Å²) >= 11 is 1.78. The second-order valence-corrected chi connectivity index (χ2v) is 13.4. The molecule has 0 radical (unpaired) electrons. The van der Waals surface area contributed by atoms with Crippen molar-refractivity contribution in [3.8, 4) is 5.75 Å². The van der Waals surface area contributed by atoms with Gasteiger partial charge in [-0.3, -0.25) is 9.69 Å². The zero-order chi connectivity index (χ0) is 35.1. The van der Waals surface area contributed by atoms with Gasteiger partial charge in [-0.15, -0.1) is 0 Å². The summed E-state index contributed by atoms with van der Waals surface area (Å²) in [5.74, 6) is 1.04. The zero-order valence-corrected chi connectivity index (χ0v) is 29.5. The van der Waals surface area contributed by atoms with E-state index >= 15 is 0 Å². The molecule has 2 heterocycles. The summed E-state index contributed by atoms with van der Waals surface area (Å²) in [7, 11) is 0. The van der Waals surface area contributed by atoms with E-state index in [2.05, 4.69) is 21.4 Å². The van der Waals surface area contributed by atoms with Gasteiger partial charge in [0.25, 0.3) is 0 Å². The number of thioether (sulfide) groups is 1. The first-order chi connectivity index (χ1) is 24.4. The number of hydrogen-bond acceptors (Lipinski definition) is 10. The van der Waals surface area contributed by atoms with Crippen LogP contribution in [0.2, 0.25) is 0 Å². The molecule has 0 saturated heterocycles. The highest BCUT2D eigenvalue weighted by atomic mass is 32.2. The fourth-order valence-corrected chi connectivity index (χ4v) is 6.77. The van der Waals surface area contributed by atoms with Crippen molar-refractivity contribution in [2.75, 3.05) is 48.9 Å². The number of anilines is 3. The van der Waals surface area contributed by atoms with Crippen LogP contribution in [0.25, 0.3) is 0 Å². The molecule has 11 nitrogen and oxygen atoms in total. The van der Waals surface area contributed by atoms with Gasteiger partial charge in [0.05, 0.1) is 50.5 Å². The van der Waals surface area contributed by atoms with Crippen LogP contribution in [0.15, 0.2) is 78.1 Å². The van der Waals surface area contributed by atoms with Gasteiger partial charge < -0.3 is 40.0 Å². The van der Waals surface area contributed by atoms with Crippen LogP contribution in [0, 0.1) is 0 Å². The number of carbonyl (C=O) groups is 1. The van der Waals surface area contributed by atoms with Gasteiger partial charge in [0.15, 0.2) is 5.16 Å². The number of aryl methyl sites for hydroxylation is 1. The van der Waals surface area contributed by atoms with E-state index in [1.54, 1.807) is 35.7 Å². The lowest BCUT2D eigenvalue weighted by atomic mass is 10.1. The van der Waals surface area contributed by atoms with E-state index in [4.69, 9.17) is 14.5 Å². The van der Waals surface area contributed by atoms with Crippen molar-refractivity contribution in [2.24, 2.45) is 0 Å². The number of aromatic nitrogens is 2. The van der Waals surface area contributed by atoms with Gasteiger partial charge in [0.2, 0.25) is 5.91 Å². The Balaban J connectivity index is 0.944. The predicted molar refractivity (Wildman–Crippen MR) is 197 cm³/mol. The van der Waals surface area contributed by atoms with Crippen LogP contribution in [-0.2, 0) is 40.6 Å². The zero-order valence-electron chi connectivity index (χ0n) is 28.7. The number of carbonyl (C=O) groups excluding carboxylic acids is 1. The summed E-state index contributed by atoms with van der Waals surface area (Å²) < 4.78 is 13.8. The van der Waals surface area contributed by atoms with E-state index in [0.29, 0.717) is 50.6 Å². The molecule has 5 rings (SSSR count). The minimum Gasteiger partial charge on any atom is -0.508 e. The van der Waals surface area contributed by atoms with Crippen molar-refractivity contribution < 1.29 is 29.6 Å². The molecular formula is C38H49N5O6S. The molecule has 1 atom stereocenters. The number of aliphatic hydroxyl groups is 2. The number of unbranched alkanes of at least 4 members (excludes halogenated alkanes) is 3. The molecule has 0 fully saturated rings. The SMILES string of the molecule is CC(=O)N(c1cccc(COCCOCCCCCCNCC(O)c2ccc(O)c(CO)c2)c1)c1cccc(NCc2cn3c(n2)SCC3)c1. The number of rotatable bonds is 21. The minimum absolute atomic E-state index is 0.0312. The summed E-state index contributed by atoms with van der Waals surface area (Å²) in [5, 5.41) is 37.1. The molecule has 0 bridgehead atoms. The normalized spacial score (nSPS) is 12.9. The number of aromatic hydroxyl groups is 1. The Morgan fingerprint density at radius 1 is 1.00 bits per heavy atom. The van der Waals surface area contributed by atoms with Crippen LogP contribution in [-0.4, -0.2) is 69.4 Å². The number of hydrogen-bond donors (Lipinski definition) is 5. The van der Waals surface area contributed by atoms with E-state index in [-0.39, 0.29) is 18.3 Å². The lowest BCUT2D eigenvalue weighted by Crippen LogP contribution is -2.23. The molecular weight excluding hydrogens is 655 g/mol. The first-order valence-electron chi connectivity index (χ1n) is 17.3. The fraction of sp³-hybridized carbons (Fsp3) is 0.421. The number of aliphatic hydroxyl groups excluding tert-OH is 2. The third-order valence-electron chi connectivity index (χ3n) is 8.44. The Morgan fingerprint density at radius 3 is 2.62 bits per heavy atom. The average molecular weight is 704 g/mol. The predicted octanol–water partition coefficient (Wildman–Crippen LogP) is 5.90. The molecule has 0 aliphatic carbocycles. The van der Waals surface area contributed by atoms with Gasteiger partial charge in [0.1, 0.15) is 5.75 Å². The van der Waals surface area contributed by atoms with Crippen LogP contribution < -0.4 is 15.5 Å². The Kier molecular flexibility index (Phi) is 14.5. The van der Waals surface area contributed by atoms with E-state index in [1.165, 1.54) is 6.07 Å². The van der Waals surface area contributed by atoms with Crippen molar-refractivity contribution in [2.45, 2.75) is 70.2 Å². The van der Waals surface area contributed by atoms with E-state index in [0.717, 1.165) is 78.0 Å². The maximum Gasteiger partial charge on any atom is 0.228 e. The van der Waals surface area contributed by atoms with Gasteiger partial charge >= 0.3 is 0 Å². The van der Waals surface area contributed by atoms with Crippen molar-refractivity contribution in [3.63, 3.8) is 0 Å². The smallest absolute Gasteiger partial charge is 0.228 e. The lowest BCUT2D eigenvalue weighted by molar-refractivity contribution is -0.115. The molecule has 5 N–H and O–H groups in total. The van der Waals surface area contributed by atoms with E-state index < -0.39 is 6.10 Å². The largest absolute Gasteiger partial charge is 0.508 e.